The van der Waals surface area contributed by atoms with Crippen LogP contribution in [0.5, 0.6) is 0 Å². The minimum atomic E-state index is -3.04. The monoisotopic (exact) mass is 284 g/mol. The highest BCUT2D eigenvalue weighted by Gasteiger charge is 2.20. The first-order valence-electron chi connectivity index (χ1n) is 6.26. The third kappa shape index (κ3) is 7.97. The molecule has 0 spiro atoms. The molecule has 104 valence electrons. The number of nitrogens with one attached hydrogen (secondary N) is 2. The van der Waals surface area contributed by atoms with E-state index < -0.39 is 10.0 Å². The van der Waals surface area contributed by atoms with Gasteiger partial charge in [-0.3, -0.25) is 0 Å². The first-order chi connectivity index (χ1) is 7.64. The van der Waals surface area contributed by atoms with Gasteiger partial charge in [-0.15, -0.1) is 12.4 Å². The quantitative estimate of drug-likeness (QED) is 0.697. The van der Waals surface area contributed by atoms with E-state index in [4.69, 9.17) is 0 Å². The number of halogens is 1. The maximum Gasteiger partial charge on any atom is 0.211 e. The maximum absolute atomic E-state index is 11.7. The summed E-state index contributed by atoms with van der Waals surface area (Å²) in [6.45, 7) is 1.40. The molecule has 17 heavy (non-hydrogen) atoms. The molecule has 0 heterocycles. The number of rotatable bonds is 7. The van der Waals surface area contributed by atoms with Gasteiger partial charge in [-0.05, 0) is 38.8 Å². The van der Waals surface area contributed by atoms with Crippen molar-refractivity contribution in [2.45, 2.75) is 38.5 Å². The van der Waals surface area contributed by atoms with E-state index in [2.05, 4.69) is 10.0 Å². The van der Waals surface area contributed by atoms with E-state index in [-0.39, 0.29) is 12.4 Å². The van der Waals surface area contributed by atoms with Gasteiger partial charge in [0.05, 0.1) is 5.75 Å². The van der Waals surface area contributed by atoms with Gasteiger partial charge in [0.15, 0.2) is 0 Å². The minimum absolute atomic E-state index is 0. The first kappa shape index (κ1) is 17.2. The molecule has 0 unspecified atom stereocenters. The van der Waals surface area contributed by atoms with Gasteiger partial charge in [0.25, 0.3) is 0 Å². The molecule has 0 bridgehead atoms. The Hall–Kier alpha value is 0.160. The fraction of sp³-hybridized carbons (Fsp3) is 1.00. The molecular weight excluding hydrogens is 260 g/mol. The third-order valence-corrected chi connectivity index (χ3v) is 4.66. The summed E-state index contributed by atoms with van der Waals surface area (Å²) in [7, 11) is -1.17. The molecule has 1 aliphatic rings. The van der Waals surface area contributed by atoms with Crippen LogP contribution in [0.1, 0.15) is 38.5 Å². The smallest absolute Gasteiger partial charge is 0.211 e. The van der Waals surface area contributed by atoms with E-state index in [9.17, 15) is 8.42 Å². The normalized spacial score (nSPS) is 17.7. The lowest BCUT2D eigenvalue weighted by atomic mass is 9.91. The molecule has 1 aliphatic carbocycles. The molecule has 0 atom stereocenters. The summed E-state index contributed by atoms with van der Waals surface area (Å²) in [4.78, 5) is 0. The molecule has 1 rings (SSSR count). The molecule has 0 amide bonds. The standard InChI is InChI=1S/C11H24N2O2S.ClH/c1-12-8-5-9-13-16(14,15)10-11-6-3-2-4-7-11;/h11-13H,2-10H2,1H3;1H. The first-order valence-corrected chi connectivity index (χ1v) is 7.91. The van der Waals surface area contributed by atoms with Gasteiger partial charge in [-0.2, -0.15) is 0 Å². The van der Waals surface area contributed by atoms with Crippen LogP contribution in [0.3, 0.4) is 0 Å². The molecule has 6 heteroatoms. The van der Waals surface area contributed by atoms with Crippen LogP contribution in [-0.4, -0.2) is 34.3 Å². The van der Waals surface area contributed by atoms with Crippen molar-refractivity contribution in [1.82, 2.24) is 10.0 Å². The predicted octanol–water partition coefficient (Wildman–Crippen LogP) is 1.52. The second kappa shape index (κ2) is 9.14. The van der Waals surface area contributed by atoms with Crippen LogP contribution < -0.4 is 10.0 Å². The number of hydrogen-bond acceptors (Lipinski definition) is 3. The van der Waals surface area contributed by atoms with E-state index in [0.29, 0.717) is 18.2 Å². The molecule has 1 saturated carbocycles. The molecular formula is C11H25ClN2O2S. The molecule has 0 aromatic heterocycles. The fourth-order valence-corrected chi connectivity index (χ4v) is 3.74. The van der Waals surface area contributed by atoms with Crippen LogP contribution in [0, 0.1) is 5.92 Å². The van der Waals surface area contributed by atoms with Gasteiger partial charge >= 0.3 is 0 Å². The van der Waals surface area contributed by atoms with E-state index in [1.165, 1.54) is 19.3 Å². The molecule has 4 nitrogen and oxygen atoms in total. The molecule has 2 N–H and O–H groups in total. The third-order valence-electron chi connectivity index (χ3n) is 3.11. The van der Waals surface area contributed by atoms with Crippen molar-refractivity contribution in [1.29, 1.82) is 0 Å². The van der Waals surface area contributed by atoms with Gasteiger partial charge in [0, 0.05) is 6.54 Å². The number of sulfonamides is 1. The Bertz CT molecular complexity index is 277. The van der Waals surface area contributed by atoms with Crippen molar-refractivity contribution >= 4 is 22.4 Å². The topological polar surface area (TPSA) is 58.2 Å². The Morgan fingerprint density at radius 1 is 1.12 bits per heavy atom. The number of hydrogen-bond donors (Lipinski definition) is 2. The van der Waals surface area contributed by atoms with Crippen LogP contribution in [0.25, 0.3) is 0 Å². The van der Waals surface area contributed by atoms with Gasteiger partial charge in [0.1, 0.15) is 0 Å². The summed E-state index contributed by atoms with van der Waals surface area (Å²) in [5.41, 5.74) is 0. The summed E-state index contributed by atoms with van der Waals surface area (Å²) < 4.78 is 26.1. The van der Waals surface area contributed by atoms with Crippen LogP contribution in [0.15, 0.2) is 0 Å². The predicted molar refractivity (Wildman–Crippen MR) is 74.2 cm³/mol. The zero-order valence-electron chi connectivity index (χ0n) is 10.6. The maximum atomic E-state index is 11.7. The van der Waals surface area contributed by atoms with E-state index in [1.807, 2.05) is 7.05 Å². The second-order valence-electron chi connectivity index (χ2n) is 4.64. The van der Waals surface area contributed by atoms with Crippen molar-refractivity contribution in [3.05, 3.63) is 0 Å². The minimum Gasteiger partial charge on any atom is -0.320 e. The average molecular weight is 285 g/mol. The molecule has 0 aromatic carbocycles. The van der Waals surface area contributed by atoms with Crippen molar-refractivity contribution in [2.24, 2.45) is 5.92 Å². The molecule has 1 fully saturated rings. The summed E-state index contributed by atoms with van der Waals surface area (Å²) in [6, 6.07) is 0. The summed E-state index contributed by atoms with van der Waals surface area (Å²) in [5, 5.41) is 3.00. The van der Waals surface area contributed by atoms with Gasteiger partial charge in [-0.1, -0.05) is 19.3 Å². The Labute approximate surface area is 111 Å². The summed E-state index contributed by atoms with van der Waals surface area (Å²) in [5.74, 6) is 0.711. The van der Waals surface area contributed by atoms with E-state index >= 15 is 0 Å². The van der Waals surface area contributed by atoms with Crippen molar-refractivity contribution < 1.29 is 8.42 Å². The zero-order chi connectivity index (χ0) is 11.9. The van der Waals surface area contributed by atoms with Crippen LogP contribution in [0.2, 0.25) is 0 Å². The Morgan fingerprint density at radius 2 is 1.76 bits per heavy atom. The van der Waals surface area contributed by atoms with Gasteiger partial charge in [-0.25, -0.2) is 13.1 Å². The highest BCUT2D eigenvalue weighted by molar-refractivity contribution is 7.89. The largest absolute Gasteiger partial charge is 0.320 e. The second-order valence-corrected chi connectivity index (χ2v) is 6.49. The highest BCUT2D eigenvalue weighted by Crippen LogP contribution is 2.24. The Balaban J connectivity index is 0.00000256. The zero-order valence-corrected chi connectivity index (χ0v) is 12.2. The van der Waals surface area contributed by atoms with Crippen molar-refractivity contribution in [3.8, 4) is 0 Å². The molecule has 0 saturated heterocycles. The lowest BCUT2D eigenvalue weighted by molar-refractivity contribution is 0.384. The van der Waals surface area contributed by atoms with E-state index in [0.717, 1.165) is 25.8 Å². The summed E-state index contributed by atoms with van der Waals surface area (Å²) in [6.07, 6.45) is 6.67. The lowest BCUT2D eigenvalue weighted by Crippen LogP contribution is -2.32. The van der Waals surface area contributed by atoms with Crippen LogP contribution >= 0.6 is 12.4 Å². The summed E-state index contributed by atoms with van der Waals surface area (Å²) >= 11 is 0. The Kier molecular flexibility index (Phi) is 9.22. The van der Waals surface area contributed by atoms with Crippen molar-refractivity contribution in [3.63, 3.8) is 0 Å². The van der Waals surface area contributed by atoms with Gasteiger partial charge in [0.2, 0.25) is 10.0 Å². The average Bonchev–Trinajstić information content (AvgIpc) is 2.25. The molecule has 0 aliphatic heterocycles. The van der Waals surface area contributed by atoms with E-state index in [1.54, 1.807) is 0 Å². The van der Waals surface area contributed by atoms with Crippen molar-refractivity contribution in [2.75, 3.05) is 25.9 Å². The highest BCUT2D eigenvalue weighted by atomic mass is 35.5. The van der Waals surface area contributed by atoms with Crippen LogP contribution in [-0.2, 0) is 10.0 Å². The Morgan fingerprint density at radius 3 is 2.35 bits per heavy atom. The van der Waals surface area contributed by atoms with Crippen LogP contribution in [0.4, 0.5) is 0 Å². The molecule has 0 radical (unpaired) electrons. The molecule has 0 aromatic rings. The SMILES string of the molecule is CNCCCNS(=O)(=O)CC1CCCCC1.Cl. The lowest BCUT2D eigenvalue weighted by Gasteiger charge is -2.21. The van der Waals surface area contributed by atoms with Gasteiger partial charge < -0.3 is 5.32 Å². The fourth-order valence-electron chi connectivity index (χ4n) is 2.22.